The van der Waals surface area contributed by atoms with Gasteiger partial charge in [0.1, 0.15) is 53.7 Å². The quantitative estimate of drug-likeness (QED) is 0.164. The van der Waals surface area contributed by atoms with E-state index in [0.717, 1.165) is 66.4 Å². The molecular weight excluding hydrogens is 753 g/mol. The summed E-state index contributed by atoms with van der Waals surface area (Å²) < 4.78 is 76.3. The number of ether oxygens (including phenoxy) is 2. The highest BCUT2D eigenvalue weighted by Gasteiger charge is 2.37. The van der Waals surface area contributed by atoms with E-state index in [1.54, 1.807) is 72.8 Å². The fourth-order valence-electron chi connectivity index (χ4n) is 8.67. The SMILES string of the molecule is O=S1(=O)c2ccccc2Oc2cc3c(cc21)-c1ccccc1-c1cc2c(cc1-c1cc(-c4cccc5c4oc4ccccc45)ccc1-3)S(=O)(=O)c1ccccc1O2. The Morgan fingerprint density at radius 2 is 0.807 bits per heavy atom. The van der Waals surface area contributed by atoms with Crippen molar-refractivity contribution >= 4 is 41.6 Å². The maximum absolute atomic E-state index is 14.4. The molecule has 0 saturated carbocycles. The first-order valence-electron chi connectivity index (χ1n) is 18.3. The molecule has 0 radical (unpaired) electrons. The highest BCUT2D eigenvalue weighted by atomic mass is 32.2. The van der Waals surface area contributed by atoms with Crippen molar-refractivity contribution in [3.8, 4) is 78.6 Å². The third-order valence-electron chi connectivity index (χ3n) is 11.3. The number of hydrogen-bond donors (Lipinski definition) is 0. The summed E-state index contributed by atoms with van der Waals surface area (Å²) in [5, 5.41) is 1.99. The first-order valence-corrected chi connectivity index (χ1v) is 21.3. The maximum atomic E-state index is 14.4. The van der Waals surface area contributed by atoms with Crippen molar-refractivity contribution < 1.29 is 30.7 Å². The predicted molar refractivity (Wildman–Crippen MR) is 218 cm³/mol. The number of hydrogen-bond acceptors (Lipinski definition) is 7. The predicted octanol–water partition coefficient (Wildman–Crippen LogP) is 12.1. The molecular formula is C48H26O7S2. The lowest BCUT2D eigenvalue weighted by Crippen LogP contribution is -2.13. The molecule has 0 atom stereocenters. The summed E-state index contributed by atoms with van der Waals surface area (Å²) in [6.45, 7) is 0. The van der Waals surface area contributed by atoms with Crippen LogP contribution in [0.5, 0.6) is 23.0 Å². The third-order valence-corrected chi connectivity index (χ3v) is 14.9. The lowest BCUT2D eigenvalue weighted by molar-refractivity contribution is 0.442. The van der Waals surface area contributed by atoms with E-state index in [1.165, 1.54) is 0 Å². The van der Waals surface area contributed by atoms with E-state index in [2.05, 4.69) is 6.07 Å². The van der Waals surface area contributed by atoms with Gasteiger partial charge < -0.3 is 13.9 Å². The van der Waals surface area contributed by atoms with Crippen LogP contribution in [0.15, 0.2) is 182 Å². The van der Waals surface area contributed by atoms with Gasteiger partial charge >= 0.3 is 0 Å². The normalized spacial score (nSPS) is 14.8. The van der Waals surface area contributed by atoms with E-state index in [9.17, 15) is 16.8 Å². The van der Waals surface area contributed by atoms with Crippen LogP contribution in [0.2, 0.25) is 0 Å². The Labute approximate surface area is 326 Å². The summed E-state index contributed by atoms with van der Waals surface area (Å²) >= 11 is 0. The van der Waals surface area contributed by atoms with Crippen LogP contribution in [0, 0.1) is 0 Å². The Balaban J connectivity index is 1.19. The van der Waals surface area contributed by atoms with E-state index in [1.807, 2.05) is 78.9 Å². The number of furan rings is 1. The second kappa shape index (κ2) is 11.3. The topological polar surface area (TPSA) is 99.9 Å². The smallest absolute Gasteiger partial charge is 0.213 e. The molecule has 57 heavy (non-hydrogen) atoms. The molecule has 1 aliphatic carbocycles. The molecule has 9 aromatic rings. The first kappa shape index (κ1) is 32.3. The number of para-hydroxylation sites is 4. The second-order valence-electron chi connectivity index (χ2n) is 14.4. The molecule has 0 saturated heterocycles. The van der Waals surface area contributed by atoms with Gasteiger partial charge in [0.05, 0.1) is 0 Å². The van der Waals surface area contributed by atoms with Gasteiger partial charge in [0, 0.05) is 16.3 Å². The Bertz CT molecular complexity index is 3490. The van der Waals surface area contributed by atoms with E-state index in [0.29, 0.717) is 11.1 Å². The zero-order chi connectivity index (χ0) is 38.2. The number of benzene rings is 8. The van der Waals surface area contributed by atoms with Crippen molar-refractivity contribution in [1.29, 1.82) is 0 Å². The zero-order valence-corrected chi connectivity index (χ0v) is 31.3. The average molecular weight is 779 g/mol. The Hall–Kier alpha value is -6.94. The molecule has 0 N–H and O–H groups in total. The van der Waals surface area contributed by atoms with Crippen LogP contribution in [0.3, 0.4) is 0 Å². The van der Waals surface area contributed by atoms with Crippen molar-refractivity contribution in [1.82, 2.24) is 0 Å². The summed E-state index contributed by atoms with van der Waals surface area (Å²) in [6, 6.07) is 48.2. The summed E-state index contributed by atoms with van der Waals surface area (Å²) in [6.07, 6.45) is 0. The maximum Gasteiger partial charge on any atom is 0.213 e. The molecule has 1 aromatic heterocycles. The molecule has 8 aromatic carbocycles. The van der Waals surface area contributed by atoms with Crippen molar-refractivity contribution in [2.24, 2.45) is 0 Å². The van der Waals surface area contributed by atoms with Crippen molar-refractivity contribution in [3.05, 3.63) is 158 Å². The minimum atomic E-state index is -3.98. The molecule has 0 fully saturated rings. The van der Waals surface area contributed by atoms with Gasteiger partial charge in [0.25, 0.3) is 0 Å². The van der Waals surface area contributed by atoms with Crippen LogP contribution in [0.25, 0.3) is 77.6 Å². The minimum Gasteiger partial charge on any atom is -0.455 e. The average Bonchev–Trinajstić information content (AvgIpc) is 3.62. The monoisotopic (exact) mass is 778 g/mol. The highest BCUT2D eigenvalue weighted by Crippen LogP contribution is 2.55. The standard InChI is InChI=1S/C48H26O7S2/c49-56(50)44-18-7-5-16-40(44)54-43-24-36-31-21-20-27(28-13-9-14-33-32-12-3-4-15-39(32)55-48(28)33)22-34(31)38-26-47-42(53-41-17-6-8-19-45(41)57(47,51)52)23-35(38)29-10-1-2-11-30(29)37(36)25-46(43)56/h1-26H. The first-order chi connectivity index (χ1) is 27.8. The van der Waals surface area contributed by atoms with Crippen LogP contribution in [-0.2, 0) is 19.7 Å². The van der Waals surface area contributed by atoms with Gasteiger partial charge in [0.15, 0.2) is 0 Å². The van der Waals surface area contributed by atoms with E-state index in [4.69, 9.17) is 13.9 Å². The highest BCUT2D eigenvalue weighted by molar-refractivity contribution is 7.92. The summed E-state index contributed by atoms with van der Waals surface area (Å²) in [5.41, 5.74) is 9.10. The molecule has 3 heterocycles. The Morgan fingerprint density at radius 1 is 0.333 bits per heavy atom. The van der Waals surface area contributed by atoms with Crippen molar-refractivity contribution in [2.75, 3.05) is 0 Å². The second-order valence-corrected chi connectivity index (χ2v) is 18.2. The van der Waals surface area contributed by atoms with Crippen LogP contribution in [0.1, 0.15) is 0 Å². The van der Waals surface area contributed by atoms with E-state index < -0.39 is 19.7 Å². The minimum absolute atomic E-state index is 0.0606. The van der Waals surface area contributed by atoms with Gasteiger partial charge in [-0.15, -0.1) is 0 Å². The molecule has 0 unspecified atom stereocenters. The lowest BCUT2D eigenvalue weighted by Gasteiger charge is -2.28. The van der Waals surface area contributed by atoms with Crippen molar-refractivity contribution in [2.45, 2.75) is 19.6 Å². The number of sulfone groups is 2. The fourth-order valence-corrected chi connectivity index (χ4v) is 11.7. The Kier molecular flexibility index (Phi) is 6.42. The van der Waals surface area contributed by atoms with Gasteiger partial charge in [-0.3, -0.25) is 0 Å². The molecule has 2 aliphatic heterocycles. The van der Waals surface area contributed by atoms with Gasteiger partial charge in [-0.25, -0.2) is 16.8 Å². The Morgan fingerprint density at radius 3 is 1.46 bits per heavy atom. The molecule has 9 heteroatoms. The molecule has 0 amide bonds. The zero-order valence-electron chi connectivity index (χ0n) is 29.7. The van der Waals surface area contributed by atoms with E-state index in [-0.39, 0.29) is 42.6 Å². The molecule has 12 rings (SSSR count). The van der Waals surface area contributed by atoms with Gasteiger partial charge in [-0.1, -0.05) is 97.1 Å². The molecule has 3 aliphatic rings. The van der Waals surface area contributed by atoms with E-state index >= 15 is 0 Å². The molecule has 7 nitrogen and oxygen atoms in total. The third kappa shape index (κ3) is 4.46. The summed E-state index contributed by atoms with van der Waals surface area (Å²) in [5.74, 6) is 0.943. The van der Waals surface area contributed by atoms with Crippen molar-refractivity contribution in [3.63, 3.8) is 0 Å². The fraction of sp³-hybridized carbons (Fsp3) is 0. The van der Waals surface area contributed by atoms with Crippen LogP contribution < -0.4 is 9.47 Å². The summed E-state index contributed by atoms with van der Waals surface area (Å²) in [4.78, 5) is 0.342. The van der Waals surface area contributed by atoms with Crippen LogP contribution in [-0.4, -0.2) is 16.8 Å². The van der Waals surface area contributed by atoms with Gasteiger partial charge in [-0.2, -0.15) is 0 Å². The largest absolute Gasteiger partial charge is 0.455 e. The molecule has 0 bridgehead atoms. The number of fused-ring (bicyclic) bond motifs is 15. The molecule has 0 spiro atoms. The van der Waals surface area contributed by atoms with Gasteiger partial charge in [0.2, 0.25) is 19.7 Å². The summed E-state index contributed by atoms with van der Waals surface area (Å²) in [7, 11) is -7.93. The van der Waals surface area contributed by atoms with Gasteiger partial charge in [-0.05, 0) is 111 Å². The molecule has 272 valence electrons. The van der Waals surface area contributed by atoms with Crippen LogP contribution >= 0.6 is 0 Å². The lowest BCUT2D eigenvalue weighted by atomic mass is 9.80. The number of rotatable bonds is 1. The van der Waals surface area contributed by atoms with Crippen LogP contribution in [0.4, 0.5) is 0 Å².